The molecule has 0 spiro atoms. The minimum atomic E-state index is 0.0132. The largest absolute Gasteiger partial charge is 0.361 e. The first-order chi connectivity index (χ1) is 12.2. The maximum Gasteiger partial charge on any atom is 0.220 e. The Bertz CT molecular complexity index is 856. The Balaban J connectivity index is 1.53. The van der Waals surface area contributed by atoms with E-state index < -0.39 is 0 Å². The molecule has 3 aromatic rings. The zero-order valence-corrected chi connectivity index (χ0v) is 15.1. The molecule has 0 bridgehead atoms. The third kappa shape index (κ3) is 4.43. The molecule has 3 rings (SSSR count). The predicted molar refractivity (Wildman–Crippen MR) is 104 cm³/mol. The molecule has 1 atom stereocenters. The van der Waals surface area contributed by atoms with E-state index in [1.807, 2.05) is 42.6 Å². The minimum Gasteiger partial charge on any atom is -0.361 e. The Morgan fingerprint density at radius 1 is 1.20 bits per heavy atom. The number of fused-ring (bicyclic) bond motifs is 1. The number of nitrogens with one attached hydrogen (secondary N) is 2. The summed E-state index contributed by atoms with van der Waals surface area (Å²) in [6, 6.07) is 16.0. The Kier molecular flexibility index (Phi) is 5.77. The number of para-hydroxylation sites is 1. The molecular formula is C21H23ClN2O. The van der Waals surface area contributed by atoms with E-state index in [-0.39, 0.29) is 11.9 Å². The van der Waals surface area contributed by atoms with E-state index in [0.717, 1.165) is 30.3 Å². The van der Waals surface area contributed by atoms with Gasteiger partial charge in [-0.3, -0.25) is 4.79 Å². The lowest BCUT2D eigenvalue weighted by atomic mass is 10.0. The highest BCUT2D eigenvalue weighted by molar-refractivity contribution is 6.30. The summed E-state index contributed by atoms with van der Waals surface area (Å²) < 4.78 is 0. The monoisotopic (exact) mass is 354 g/mol. The Morgan fingerprint density at radius 3 is 2.84 bits per heavy atom. The van der Waals surface area contributed by atoms with Crippen LogP contribution in [0.3, 0.4) is 0 Å². The molecule has 25 heavy (non-hydrogen) atoms. The second kappa shape index (κ2) is 8.21. The molecule has 3 nitrogen and oxygen atoms in total. The predicted octanol–water partition coefficient (Wildman–Crippen LogP) is 5.41. The third-order valence-corrected chi connectivity index (χ3v) is 4.75. The van der Waals surface area contributed by atoms with Crippen molar-refractivity contribution in [2.24, 2.45) is 0 Å². The first-order valence-electron chi connectivity index (χ1n) is 8.77. The van der Waals surface area contributed by atoms with Gasteiger partial charge in [-0.25, -0.2) is 0 Å². The fourth-order valence-corrected chi connectivity index (χ4v) is 3.39. The van der Waals surface area contributed by atoms with Crippen LogP contribution < -0.4 is 5.32 Å². The first-order valence-corrected chi connectivity index (χ1v) is 9.15. The zero-order valence-electron chi connectivity index (χ0n) is 14.4. The number of carbonyl (C=O) groups excluding carboxylic acids is 1. The van der Waals surface area contributed by atoms with E-state index in [1.165, 1.54) is 10.9 Å². The van der Waals surface area contributed by atoms with Crippen LogP contribution in [0.15, 0.2) is 54.7 Å². The van der Waals surface area contributed by atoms with E-state index in [9.17, 15) is 4.79 Å². The van der Waals surface area contributed by atoms with Crippen LogP contribution in [0.25, 0.3) is 10.9 Å². The highest BCUT2D eigenvalue weighted by Gasteiger charge is 2.13. The average Bonchev–Trinajstić information content (AvgIpc) is 3.03. The third-order valence-electron chi connectivity index (χ3n) is 4.52. The van der Waals surface area contributed by atoms with Gasteiger partial charge >= 0.3 is 0 Å². The molecule has 0 radical (unpaired) electrons. The molecule has 1 aromatic heterocycles. The number of amides is 1. The lowest BCUT2D eigenvalue weighted by molar-refractivity contribution is -0.122. The van der Waals surface area contributed by atoms with Gasteiger partial charge in [0, 0.05) is 28.5 Å². The van der Waals surface area contributed by atoms with Crippen LogP contribution in [-0.4, -0.2) is 10.9 Å². The number of rotatable bonds is 7. The smallest absolute Gasteiger partial charge is 0.220 e. The molecular weight excluding hydrogens is 332 g/mol. The number of aromatic nitrogens is 1. The van der Waals surface area contributed by atoms with E-state index in [2.05, 4.69) is 29.4 Å². The SMILES string of the molecule is CCC(NC(=O)CCCc1c[nH]c2ccccc12)c1cccc(Cl)c1. The molecule has 1 amide bonds. The Hall–Kier alpha value is -2.26. The molecule has 130 valence electrons. The van der Waals surface area contributed by atoms with Crippen LogP contribution in [-0.2, 0) is 11.2 Å². The van der Waals surface area contributed by atoms with Crippen molar-refractivity contribution >= 4 is 28.4 Å². The van der Waals surface area contributed by atoms with Crippen molar-refractivity contribution in [3.05, 3.63) is 70.9 Å². The number of hydrogen-bond acceptors (Lipinski definition) is 1. The molecule has 1 unspecified atom stereocenters. The Morgan fingerprint density at radius 2 is 2.04 bits per heavy atom. The van der Waals surface area contributed by atoms with E-state index >= 15 is 0 Å². The first kappa shape index (κ1) is 17.6. The summed E-state index contributed by atoms with van der Waals surface area (Å²) in [6.45, 7) is 2.07. The molecule has 2 aromatic carbocycles. The van der Waals surface area contributed by atoms with Crippen molar-refractivity contribution in [3.63, 3.8) is 0 Å². The van der Waals surface area contributed by atoms with E-state index in [4.69, 9.17) is 11.6 Å². The van der Waals surface area contributed by atoms with Gasteiger partial charge in [-0.1, -0.05) is 48.9 Å². The van der Waals surface area contributed by atoms with Crippen LogP contribution in [0.2, 0.25) is 5.02 Å². The van der Waals surface area contributed by atoms with Crippen LogP contribution in [0, 0.1) is 0 Å². The summed E-state index contributed by atoms with van der Waals surface area (Å²) in [6.07, 6.45) is 5.14. The second-order valence-electron chi connectivity index (χ2n) is 6.30. The number of benzene rings is 2. The summed E-state index contributed by atoms with van der Waals surface area (Å²) in [5, 5.41) is 5.06. The molecule has 1 heterocycles. The van der Waals surface area contributed by atoms with Crippen LogP contribution in [0.5, 0.6) is 0 Å². The van der Waals surface area contributed by atoms with E-state index in [0.29, 0.717) is 11.4 Å². The van der Waals surface area contributed by atoms with Gasteiger partial charge in [-0.2, -0.15) is 0 Å². The van der Waals surface area contributed by atoms with Crippen molar-refractivity contribution in [2.45, 2.75) is 38.6 Å². The molecule has 0 aliphatic carbocycles. The molecule has 2 N–H and O–H groups in total. The summed E-state index contributed by atoms with van der Waals surface area (Å²) in [7, 11) is 0. The molecule has 4 heteroatoms. The molecule has 0 aliphatic heterocycles. The fourth-order valence-electron chi connectivity index (χ4n) is 3.19. The summed E-state index contributed by atoms with van der Waals surface area (Å²) in [4.78, 5) is 15.6. The number of aryl methyl sites for hydroxylation is 1. The fraction of sp³-hybridized carbons (Fsp3) is 0.286. The van der Waals surface area contributed by atoms with Crippen molar-refractivity contribution < 1.29 is 4.79 Å². The standard InChI is InChI=1S/C21H23ClN2O/c1-2-19(15-7-5-9-17(22)13-15)24-21(25)12-6-8-16-14-23-20-11-4-3-10-18(16)20/h3-5,7,9-11,13-14,19,23H,2,6,8,12H2,1H3,(H,24,25). The Labute approximate surface area is 153 Å². The highest BCUT2D eigenvalue weighted by Crippen LogP contribution is 2.21. The quantitative estimate of drug-likeness (QED) is 0.585. The second-order valence-corrected chi connectivity index (χ2v) is 6.73. The number of H-pyrrole nitrogens is 1. The van der Waals surface area contributed by atoms with Gasteiger partial charge in [-0.05, 0) is 48.6 Å². The molecule has 0 aliphatic rings. The summed E-state index contributed by atoms with van der Waals surface area (Å²) in [5.41, 5.74) is 3.47. The van der Waals surface area contributed by atoms with Gasteiger partial charge in [0.25, 0.3) is 0 Å². The number of carbonyl (C=O) groups is 1. The van der Waals surface area contributed by atoms with Crippen molar-refractivity contribution in [3.8, 4) is 0 Å². The van der Waals surface area contributed by atoms with Gasteiger partial charge in [0.2, 0.25) is 5.91 Å². The van der Waals surface area contributed by atoms with Crippen LogP contribution in [0.4, 0.5) is 0 Å². The van der Waals surface area contributed by atoms with Gasteiger partial charge < -0.3 is 10.3 Å². The van der Waals surface area contributed by atoms with Crippen molar-refractivity contribution in [1.29, 1.82) is 0 Å². The minimum absolute atomic E-state index is 0.0132. The maximum atomic E-state index is 12.3. The van der Waals surface area contributed by atoms with Crippen molar-refractivity contribution in [2.75, 3.05) is 0 Å². The lowest BCUT2D eigenvalue weighted by Crippen LogP contribution is -2.27. The average molecular weight is 355 g/mol. The van der Waals surface area contributed by atoms with Gasteiger partial charge in [0.1, 0.15) is 0 Å². The van der Waals surface area contributed by atoms with Crippen LogP contribution in [0.1, 0.15) is 43.4 Å². The van der Waals surface area contributed by atoms with Gasteiger partial charge in [0.15, 0.2) is 0 Å². The summed E-state index contributed by atoms with van der Waals surface area (Å²) >= 11 is 6.06. The topological polar surface area (TPSA) is 44.9 Å². The van der Waals surface area contributed by atoms with Crippen LogP contribution >= 0.6 is 11.6 Å². The highest BCUT2D eigenvalue weighted by atomic mass is 35.5. The van der Waals surface area contributed by atoms with Crippen molar-refractivity contribution in [1.82, 2.24) is 10.3 Å². The number of aromatic amines is 1. The summed E-state index contributed by atoms with van der Waals surface area (Å²) in [5.74, 6) is 0.0895. The zero-order chi connectivity index (χ0) is 17.6. The van der Waals surface area contributed by atoms with Gasteiger partial charge in [-0.15, -0.1) is 0 Å². The molecule has 0 saturated heterocycles. The maximum absolute atomic E-state index is 12.3. The van der Waals surface area contributed by atoms with E-state index in [1.54, 1.807) is 0 Å². The molecule has 0 saturated carbocycles. The number of hydrogen-bond donors (Lipinski definition) is 2. The van der Waals surface area contributed by atoms with Gasteiger partial charge in [0.05, 0.1) is 6.04 Å². The number of halogens is 1. The normalized spacial score (nSPS) is 12.2. The molecule has 0 fully saturated rings. The lowest BCUT2D eigenvalue weighted by Gasteiger charge is -2.17.